The van der Waals surface area contributed by atoms with Crippen LogP contribution in [0.5, 0.6) is 0 Å². The van der Waals surface area contributed by atoms with E-state index in [-0.39, 0.29) is 22.1 Å². The highest BCUT2D eigenvalue weighted by Gasteiger charge is 2.21. The van der Waals surface area contributed by atoms with Gasteiger partial charge in [-0.25, -0.2) is 0 Å². The molecule has 0 heterocycles. The molecule has 1 rings (SSSR count). The van der Waals surface area contributed by atoms with Gasteiger partial charge < -0.3 is 5.32 Å². The van der Waals surface area contributed by atoms with Crippen LogP contribution in [0, 0.1) is 15.5 Å². The van der Waals surface area contributed by atoms with Crippen molar-refractivity contribution >= 4 is 5.69 Å². The van der Waals surface area contributed by atoms with Gasteiger partial charge in [0.05, 0.1) is 4.92 Å². The predicted octanol–water partition coefficient (Wildman–Crippen LogP) is 3.68. The lowest BCUT2D eigenvalue weighted by Crippen LogP contribution is -2.39. The number of benzene rings is 1. The maximum atomic E-state index is 10.6. The minimum Gasteiger partial charge on any atom is -0.307 e. The summed E-state index contributed by atoms with van der Waals surface area (Å²) in [5.41, 5.74) is 1.39. The molecule has 0 fully saturated rings. The van der Waals surface area contributed by atoms with Crippen LogP contribution in [0.4, 0.5) is 5.69 Å². The second-order valence-corrected chi connectivity index (χ2v) is 5.82. The van der Waals surface area contributed by atoms with E-state index < -0.39 is 0 Å². The van der Waals surface area contributed by atoms with Gasteiger partial charge in [0.1, 0.15) is 0 Å². The summed E-state index contributed by atoms with van der Waals surface area (Å²) in [5, 5.41) is 14.1. The van der Waals surface area contributed by atoms with Crippen molar-refractivity contribution in [1.29, 1.82) is 0 Å². The molecule has 4 nitrogen and oxygen atoms in total. The van der Waals surface area contributed by atoms with Crippen LogP contribution in [0.15, 0.2) is 24.3 Å². The van der Waals surface area contributed by atoms with Crippen LogP contribution < -0.4 is 5.32 Å². The molecule has 0 saturated carbocycles. The second kappa shape index (κ2) is 5.48. The maximum absolute atomic E-state index is 10.6. The molecule has 0 saturated heterocycles. The summed E-state index contributed by atoms with van der Waals surface area (Å²) < 4.78 is 0. The molecule has 0 aliphatic heterocycles. The number of hydrogen-bond donors (Lipinski definition) is 1. The predicted molar refractivity (Wildman–Crippen MR) is 73.6 cm³/mol. The smallest absolute Gasteiger partial charge is 0.269 e. The number of nitrogens with one attached hydrogen (secondary N) is 1. The van der Waals surface area contributed by atoms with E-state index in [1.165, 1.54) is 0 Å². The van der Waals surface area contributed by atoms with Gasteiger partial charge in [-0.2, -0.15) is 0 Å². The van der Waals surface area contributed by atoms with Gasteiger partial charge in [0.15, 0.2) is 0 Å². The Balaban J connectivity index is 2.73. The zero-order chi connectivity index (χ0) is 13.9. The molecule has 2 unspecified atom stereocenters. The lowest BCUT2D eigenvalue weighted by molar-refractivity contribution is -0.384. The van der Waals surface area contributed by atoms with Crippen molar-refractivity contribution < 1.29 is 4.92 Å². The largest absolute Gasteiger partial charge is 0.307 e. The highest BCUT2D eigenvalue weighted by Crippen LogP contribution is 2.23. The summed E-state index contributed by atoms with van der Waals surface area (Å²) in [6, 6.07) is 7.27. The number of nitro groups is 1. The van der Waals surface area contributed by atoms with E-state index in [1.807, 2.05) is 12.1 Å². The molecule has 0 bridgehead atoms. The summed E-state index contributed by atoms with van der Waals surface area (Å²) in [7, 11) is 0. The zero-order valence-electron chi connectivity index (χ0n) is 11.7. The van der Waals surface area contributed by atoms with Gasteiger partial charge in [-0.3, -0.25) is 10.1 Å². The van der Waals surface area contributed by atoms with Gasteiger partial charge in [-0.1, -0.05) is 32.9 Å². The fourth-order valence-electron chi connectivity index (χ4n) is 1.61. The van der Waals surface area contributed by atoms with Crippen LogP contribution in [0.3, 0.4) is 0 Å². The van der Waals surface area contributed by atoms with Gasteiger partial charge >= 0.3 is 0 Å². The van der Waals surface area contributed by atoms with Crippen molar-refractivity contribution in [3.05, 3.63) is 39.9 Å². The first-order chi connectivity index (χ1) is 8.21. The maximum Gasteiger partial charge on any atom is 0.269 e. The molecule has 1 aromatic carbocycles. The van der Waals surface area contributed by atoms with Gasteiger partial charge in [-0.15, -0.1) is 0 Å². The molecule has 2 atom stereocenters. The Kier molecular flexibility index (Phi) is 4.46. The van der Waals surface area contributed by atoms with Crippen molar-refractivity contribution in [2.45, 2.75) is 46.7 Å². The lowest BCUT2D eigenvalue weighted by Gasteiger charge is -2.31. The minimum absolute atomic E-state index is 0.134. The number of non-ortho nitro benzene ring substituents is 1. The molecular weight excluding hydrogens is 228 g/mol. The Morgan fingerprint density at radius 1 is 1.17 bits per heavy atom. The van der Waals surface area contributed by atoms with E-state index in [2.05, 4.69) is 39.9 Å². The van der Waals surface area contributed by atoms with Gasteiger partial charge in [0.25, 0.3) is 5.69 Å². The molecule has 4 heteroatoms. The standard InChI is InChI=1S/C14H22N2O2/c1-10(15-11(2)14(3,4)5)12-6-8-13(9-7-12)16(17)18/h6-11,15H,1-5H3. The van der Waals surface area contributed by atoms with Crippen molar-refractivity contribution in [3.8, 4) is 0 Å². The highest BCUT2D eigenvalue weighted by molar-refractivity contribution is 5.34. The first kappa shape index (κ1) is 14.6. The third kappa shape index (κ3) is 3.81. The summed E-state index contributed by atoms with van der Waals surface area (Å²) in [6.45, 7) is 10.8. The Bertz CT molecular complexity index is 407. The number of nitro benzene ring substituents is 1. The summed E-state index contributed by atoms with van der Waals surface area (Å²) >= 11 is 0. The first-order valence-electron chi connectivity index (χ1n) is 6.22. The van der Waals surface area contributed by atoms with Crippen LogP contribution in [-0.4, -0.2) is 11.0 Å². The molecular formula is C14H22N2O2. The van der Waals surface area contributed by atoms with Crippen LogP contribution in [-0.2, 0) is 0 Å². The van der Waals surface area contributed by atoms with Crippen LogP contribution in [0.25, 0.3) is 0 Å². The molecule has 0 radical (unpaired) electrons. The average molecular weight is 250 g/mol. The summed E-state index contributed by atoms with van der Waals surface area (Å²) in [6.07, 6.45) is 0. The van der Waals surface area contributed by atoms with E-state index >= 15 is 0 Å². The summed E-state index contributed by atoms with van der Waals surface area (Å²) in [4.78, 5) is 10.2. The number of nitrogens with zero attached hydrogens (tertiary/aromatic N) is 1. The fraction of sp³-hybridized carbons (Fsp3) is 0.571. The highest BCUT2D eigenvalue weighted by atomic mass is 16.6. The van der Waals surface area contributed by atoms with Gasteiger partial charge in [-0.05, 0) is 24.8 Å². The Labute approximate surface area is 109 Å². The molecule has 100 valence electrons. The molecule has 18 heavy (non-hydrogen) atoms. The normalized spacial score (nSPS) is 15.2. The summed E-state index contributed by atoms with van der Waals surface area (Å²) in [5.74, 6) is 0. The molecule has 0 aliphatic carbocycles. The third-order valence-electron chi connectivity index (χ3n) is 3.40. The molecule has 1 N–H and O–H groups in total. The Hall–Kier alpha value is -1.42. The topological polar surface area (TPSA) is 55.2 Å². The van der Waals surface area contributed by atoms with Crippen LogP contribution >= 0.6 is 0 Å². The Morgan fingerprint density at radius 2 is 1.67 bits per heavy atom. The van der Waals surface area contributed by atoms with Crippen molar-refractivity contribution in [2.75, 3.05) is 0 Å². The number of hydrogen-bond acceptors (Lipinski definition) is 3. The Morgan fingerprint density at radius 3 is 2.06 bits per heavy atom. The first-order valence-corrected chi connectivity index (χ1v) is 6.22. The fourth-order valence-corrected chi connectivity index (χ4v) is 1.61. The van der Waals surface area contributed by atoms with Crippen molar-refractivity contribution in [1.82, 2.24) is 5.32 Å². The minimum atomic E-state index is -0.375. The zero-order valence-corrected chi connectivity index (χ0v) is 11.7. The molecule has 0 aliphatic rings. The van der Waals surface area contributed by atoms with Crippen LogP contribution in [0.1, 0.15) is 46.2 Å². The van der Waals surface area contributed by atoms with Crippen LogP contribution in [0.2, 0.25) is 0 Å². The quantitative estimate of drug-likeness (QED) is 0.655. The second-order valence-electron chi connectivity index (χ2n) is 5.82. The molecule has 1 aromatic rings. The SMILES string of the molecule is CC(NC(C)C(C)(C)C)c1ccc([N+](=O)[O-])cc1. The van der Waals surface area contributed by atoms with E-state index in [4.69, 9.17) is 0 Å². The van der Waals surface area contributed by atoms with Gasteiger partial charge in [0.2, 0.25) is 0 Å². The average Bonchev–Trinajstić information content (AvgIpc) is 2.27. The van der Waals surface area contributed by atoms with E-state index in [0.717, 1.165) is 5.56 Å². The van der Waals surface area contributed by atoms with Gasteiger partial charge in [0, 0.05) is 24.2 Å². The molecule has 0 aromatic heterocycles. The molecule has 0 spiro atoms. The lowest BCUT2D eigenvalue weighted by atomic mass is 9.87. The van der Waals surface area contributed by atoms with Crippen molar-refractivity contribution in [2.24, 2.45) is 5.41 Å². The van der Waals surface area contributed by atoms with Crippen molar-refractivity contribution in [3.63, 3.8) is 0 Å². The van der Waals surface area contributed by atoms with E-state index in [0.29, 0.717) is 6.04 Å². The number of rotatable bonds is 4. The monoisotopic (exact) mass is 250 g/mol. The van der Waals surface area contributed by atoms with E-state index in [9.17, 15) is 10.1 Å². The van der Waals surface area contributed by atoms with E-state index in [1.54, 1.807) is 12.1 Å². The third-order valence-corrected chi connectivity index (χ3v) is 3.40. The molecule has 0 amide bonds.